The highest BCUT2D eigenvalue weighted by atomic mass is 19.1. The number of aromatic nitrogens is 3. The minimum Gasteiger partial charge on any atom is -0.360 e. The highest BCUT2D eigenvalue weighted by Crippen LogP contribution is 2.32. The van der Waals surface area contributed by atoms with Gasteiger partial charge in [0.1, 0.15) is 17.3 Å². The molecule has 1 aromatic carbocycles. The topological polar surface area (TPSA) is 73.0 Å². The molecular formula is C21H20F2N4O2. The second-order valence-electron chi connectivity index (χ2n) is 7.61. The molecule has 0 radical (unpaired) electrons. The number of fused-ring (bicyclic) bond motifs is 2. The quantitative estimate of drug-likeness (QED) is 0.728. The Bertz CT molecular complexity index is 1090. The molecule has 1 N–H and O–H groups in total. The van der Waals surface area contributed by atoms with Crippen molar-refractivity contribution in [3.05, 3.63) is 64.3 Å². The molecule has 5 rings (SSSR count). The van der Waals surface area contributed by atoms with E-state index in [0.717, 1.165) is 67.2 Å². The molecule has 1 atom stereocenters. The zero-order valence-electron chi connectivity index (χ0n) is 15.8. The number of nitrogens with zero attached hydrogens (tertiary/aromatic N) is 3. The van der Waals surface area contributed by atoms with Crippen LogP contribution in [0.1, 0.15) is 64.8 Å². The molecule has 150 valence electrons. The van der Waals surface area contributed by atoms with Crippen LogP contribution in [0.3, 0.4) is 0 Å². The van der Waals surface area contributed by atoms with Crippen LogP contribution in [0.15, 0.2) is 28.9 Å². The summed E-state index contributed by atoms with van der Waals surface area (Å²) in [6.45, 7) is 0. The van der Waals surface area contributed by atoms with Crippen molar-refractivity contribution in [3.63, 3.8) is 0 Å². The predicted octanol–water partition coefficient (Wildman–Crippen LogP) is 3.82. The molecule has 0 saturated heterocycles. The highest BCUT2D eigenvalue weighted by Gasteiger charge is 2.30. The van der Waals surface area contributed by atoms with E-state index < -0.39 is 11.6 Å². The third-order valence-corrected chi connectivity index (χ3v) is 5.79. The van der Waals surface area contributed by atoms with Crippen molar-refractivity contribution in [1.82, 2.24) is 20.3 Å². The van der Waals surface area contributed by atoms with Gasteiger partial charge in [0.25, 0.3) is 5.91 Å². The van der Waals surface area contributed by atoms with Gasteiger partial charge in [-0.2, -0.15) is 5.10 Å². The first-order valence-electron chi connectivity index (χ1n) is 9.92. The molecule has 0 aliphatic heterocycles. The third kappa shape index (κ3) is 3.12. The molecule has 0 spiro atoms. The molecular weight excluding hydrogens is 378 g/mol. The lowest BCUT2D eigenvalue weighted by molar-refractivity contribution is 0.0922. The van der Waals surface area contributed by atoms with Gasteiger partial charge in [0.15, 0.2) is 11.5 Å². The lowest BCUT2D eigenvalue weighted by Gasteiger charge is -2.24. The fraction of sp³-hybridized carbons (Fsp3) is 0.381. The van der Waals surface area contributed by atoms with Crippen LogP contribution in [-0.4, -0.2) is 20.8 Å². The van der Waals surface area contributed by atoms with E-state index in [9.17, 15) is 13.6 Å². The summed E-state index contributed by atoms with van der Waals surface area (Å²) in [5.41, 5.74) is 3.16. The van der Waals surface area contributed by atoms with Crippen molar-refractivity contribution in [1.29, 1.82) is 0 Å². The Morgan fingerprint density at radius 3 is 2.90 bits per heavy atom. The molecule has 2 heterocycles. The highest BCUT2D eigenvalue weighted by molar-refractivity contribution is 5.94. The van der Waals surface area contributed by atoms with E-state index in [1.165, 1.54) is 16.8 Å². The van der Waals surface area contributed by atoms with Gasteiger partial charge >= 0.3 is 0 Å². The molecule has 3 aromatic rings. The normalized spacial score (nSPS) is 18.2. The van der Waals surface area contributed by atoms with E-state index in [0.29, 0.717) is 12.1 Å². The molecule has 2 aliphatic carbocycles. The Morgan fingerprint density at radius 1 is 1.17 bits per heavy atom. The van der Waals surface area contributed by atoms with E-state index in [4.69, 9.17) is 4.52 Å². The average Bonchev–Trinajstić information content (AvgIpc) is 3.33. The van der Waals surface area contributed by atoms with Gasteiger partial charge in [0, 0.05) is 29.3 Å². The molecule has 6 nitrogen and oxygen atoms in total. The van der Waals surface area contributed by atoms with Gasteiger partial charge in [-0.15, -0.1) is 0 Å². The fourth-order valence-electron chi connectivity index (χ4n) is 4.36. The number of benzene rings is 1. The van der Waals surface area contributed by atoms with Gasteiger partial charge in [-0.05, 0) is 50.7 Å². The van der Waals surface area contributed by atoms with Crippen molar-refractivity contribution < 1.29 is 18.1 Å². The largest absolute Gasteiger partial charge is 0.360 e. The summed E-state index contributed by atoms with van der Waals surface area (Å²) in [7, 11) is 0. The summed E-state index contributed by atoms with van der Waals surface area (Å²) in [5.74, 6) is -0.745. The number of amides is 1. The smallest absolute Gasteiger partial charge is 0.274 e. The summed E-state index contributed by atoms with van der Waals surface area (Å²) in [5, 5.41) is 11.4. The molecule has 1 amide bonds. The Hall–Kier alpha value is -3.03. The first-order valence-corrected chi connectivity index (χ1v) is 9.92. The number of nitrogens with one attached hydrogen (secondary N) is 1. The second kappa shape index (κ2) is 7.09. The van der Waals surface area contributed by atoms with Crippen LogP contribution in [-0.2, 0) is 19.3 Å². The first-order chi connectivity index (χ1) is 14.1. The van der Waals surface area contributed by atoms with Gasteiger partial charge in [0.2, 0.25) is 0 Å². The molecule has 2 aromatic heterocycles. The Labute approximate surface area is 165 Å². The van der Waals surface area contributed by atoms with Crippen molar-refractivity contribution in [2.45, 2.75) is 51.0 Å². The molecule has 2 aliphatic rings. The Kier molecular flexibility index (Phi) is 4.41. The number of aryl methyl sites for hydroxylation is 1. The summed E-state index contributed by atoms with van der Waals surface area (Å²) in [4.78, 5) is 12.9. The van der Waals surface area contributed by atoms with Gasteiger partial charge in [-0.1, -0.05) is 5.16 Å². The number of hydrogen-bond acceptors (Lipinski definition) is 4. The van der Waals surface area contributed by atoms with Crippen LogP contribution in [0.5, 0.6) is 0 Å². The maximum Gasteiger partial charge on any atom is 0.274 e. The van der Waals surface area contributed by atoms with Crippen LogP contribution in [0.4, 0.5) is 8.78 Å². The van der Waals surface area contributed by atoms with Crippen LogP contribution in [0, 0.1) is 11.6 Å². The zero-order valence-corrected chi connectivity index (χ0v) is 15.8. The first kappa shape index (κ1) is 18.0. The summed E-state index contributed by atoms with van der Waals surface area (Å²) < 4.78 is 34.4. The molecule has 0 bridgehead atoms. The van der Waals surface area contributed by atoms with Gasteiger partial charge < -0.3 is 9.84 Å². The Morgan fingerprint density at radius 2 is 2.03 bits per heavy atom. The summed E-state index contributed by atoms with van der Waals surface area (Å²) >= 11 is 0. The maximum atomic E-state index is 14.2. The molecule has 0 unspecified atom stereocenters. The van der Waals surface area contributed by atoms with E-state index in [-0.39, 0.29) is 17.6 Å². The van der Waals surface area contributed by atoms with Gasteiger partial charge in [-0.3, -0.25) is 4.79 Å². The van der Waals surface area contributed by atoms with Crippen LogP contribution >= 0.6 is 0 Å². The maximum absolute atomic E-state index is 14.2. The van der Waals surface area contributed by atoms with E-state index in [1.54, 1.807) is 6.20 Å². The van der Waals surface area contributed by atoms with Crippen LogP contribution in [0.2, 0.25) is 0 Å². The number of carbonyl (C=O) groups excluding carboxylic acids is 1. The molecule has 8 heteroatoms. The van der Waals surface area contributed by atoms with Crippen LogP contribution in [0.25, 0.3) is 5.69 Å². The minimum atomic E-state index is -0.670. The Balaban J connectivity index is 1.42. The van der Waals surface area contributed by atoms with Crippen LogP contribution < -0.4 is 5.32 Å². The van der Waals surface area contributed by atoms with Crippen molar-refractivity contribution in [3.8, 4) is 5.69 Å². The molecule has 0 fully saturated rings. The second-order valence-corrected chi connectivity index (χ2v) is 7.61. The predicted molar refractivity (Wildman–Crippen MR) is 99.8 cm³/mol. The average molecular weight is 398 g/mol. The van der Waals surface area contributed by atoms with Crippen molar-refractivity contribution in [2.75, 3.05) is 0 Å². The van der Waals surface area contributed by atoms with Crippen molar-refractivity contribution >= 4 is 5.91 Å². The summed E-state index contributed by atoms with van der Waals surface area (Å²) in [6.07, 6.45) is 7.64. The zero-order chi connectivity index (χ0) is 20.0. The minimum absolute atomic E-state index is 0.199. The summed E-state index contributed by atoms with van der Waals surface area (Å²) in [6, 6.07) is 3.20. The van der Waals surface area contributed by atoms with Gasteiger partial charge in [0.05, 0.1) is 12.2 Å². The fourth-order valence-corrected chi connectivity index (χ4v) is 4.36. The lowest BCUT2D eigenvalue weighted by atomic mass is 9.92. The van der Waals surface area contributed by atoms with E-state index >= 15 is 0 Å². The number of halogens is 2. The van der Waals surface area contributed by atoms with Crippen molar-refractivity contribution in [2.24, 2.45) is 0 Å². The molecule has 0 saturated carbocycles. The number of hydrogen-bond donors (Lipinski definition) is 1. The number of rotatable bonds is 3. The number of carbonyl (C=O) groups is 1. The van der Waals surface area contributed by atoms with E-state index in [1.807, 2.05) is 0 Å². The van der Waals surface area contributed by atoms with Gasteiger partial charge in [-0.25, -0.2) is 13.5 Å². The lowest BCUT2D eigenvalue weighted by Crippen LogP contribution is -2.32. The SMILES string of the molecule is O=C(N[C@@H]1CCCc2c1cnn2-c1ccc(F)cc1F)c1noc2c1CCCC2. The van der Waals surface area contributed by atoms with E-state index in [2.05, 4.69) is 15.6 Å². The molecule has 29 heavy (non-hydrogen) atoms. The third-order valence-electron chi connectivity index (χ3n) is 5.79. The standard InChI is InChI=1S/C21H20F2N4O2/c22-12-8-9-18(15(23)10-12)27-17-6-3-5-16(14(17)11-24-27)25-21(28)20-13-4-1-2-7-19(13)29-26-20/h8-11,16H,1-7H2,(H,25,28)/t16-/m1/s1. The monoisotopic (exact) mass is 398 g/mol.